The maximum Gasteiger partial charge on any atom is 0.0845 e. The third-order valence-electron chi connectivity index (χ3n) is 3.84. The Balaban J connectivity index is 1.79. The van der Waals surface area contributed by atoms with Crippen molar-refractivity contribution in [2.45, 2.75) is 25.0 Å². The molecule has 1 heterocycles. The van der Waals surface area contributed by atoms with Crippen LogP contribution in [0, 0.1) is 0 Å². The first kappa shape index (κ1) is 13.6. The smallest absolute Gasteiger partial charge is 0.0845 e. The van der Waals surface area contributed by atoms with Crippen molar-refractivity contribution < 1.29 is 4.74 Å². The average Bonchev–Trinajstić information content (AvgIpc) is 2.47. The van der Waals surface area contributed by atoms with Crippen LogP contribution in [0.5, 0.6) is 0 Å². The lowest BCUT2D eigenvalue weighted by molar-refractivity contribution is 0.0320. The highest BCUT2D eigenvalue weighted by Crippen LogP contribution is 2.33. The van der Waals surface area contributed by atoms with Gasteiger partial charge >= 0.3 is 0 Å². The van der Waals surface area contributed by atoms with Gasteiger partial charge in [0.05, 0.1) is 12.7 Å². The number of benzene rings is 2. The summed E-state index contributed by atoms with van der Waals surface area (Å²) in [7, 11) is 0. The number of halogens is 1. The molecule has 0 aliphatic carbocycles. The van der Waals surface area contributed by atoms with Crippen LogP contribution in [0.3, 0.4) is 0 Å². The Morgan fingerprint density at radius 2 is 2.05 bits per heavy atom. The molecule has 2 aromatic carbocycles. The molecule has 2 nitrogen and oxygen atoms in total. The summed E-state index contributed by atoms with van der Waals surface area (Å²) in [5.41, 5.74) is 10.0. The van der Waals surface area contributed by atoms with Crippen LogP contribution in [-0.2, 0) is 11.2 Å². The fourth-order valence-electron chi connectivity index (χ4n) is 2.78. The van der Waals surface area contributed by atoms with Crippen LogP contribution in [0.15, 0.2) is 48.5 Å². The maximum atomic E-state index is 6.31. The van der Waals surface area contributed by atoms with Crippen LogP contribution in [0.4, 0.5) is 0 Å². The minimum absolute atomic E-state index is 0.0649. The van der Waals surface area contributed by atoms with Gasteiger partial charge in [0.1, 0.15) is 0 Å². The molecular formula is C17H18ClNO. The quantitative estimate of drug-likeness (QED) is 0.924. The van der Waals surface area contributed by atoms with Crippen LogP contribution in [-0.4, -0.2) is 6.61 Å². The van der Waals surface area contributed by atoms with Gasteiger partial charge in [-0.05, 0) is 41.7 Å². The molecule has 3 heteroatoms. The van der Waals surface area contributed by atoms with Crippen molar-refractivity contribution in [3.63, 3.8) is 0 Å². The molecule has 0 aromatic heterocycles. The molecule has 0 radical (unpaired) electrons. The second-order valence-electron chi connectivity index (χ2n) is 5.21. The van der Waals surface area contributed by atoms with Gasteiger partial charge in [0, 0.05) is 11.1 Å². The monoisotopic (exact) mass is 287 g/mol. The zero-order valence-corrected chi connectivity index (χ0v) is 12.0. The lowest BCUT2D eigenvalue weighted by Gasteiger charge is -2.28. The first-order valence-electron chi connectivity index (χ1n) is 6.94. The summed E-state index contributed by atoms with van der Waals surface area (Å²) in [5.74, 6) is 0. The standard InChI is InChI=1S/C17H18ClNO/c18-14-6-3-5-13(10-14)16(19)11-17-15-7-2-1-4-12(15)8-9-20-17/h1-7,10,16-17H,8-9,11,19H2. The van der Waals surface area contributed by atoms with E-state index >= 15 is 0 Å². The van der Waals surface area contributed by atoms with E-state index in [1.807, 2.05) is 24.3 Å². The van der Waals surface area contributed by atoms with Gasteiger partial charge < -0.3 is 10.5 Å². The molecule has 0 spiro atoms. The van der Waals surface area contributed by atoms with E-state index in [2.05, 4.69) is 24.3 Å². The zero-order chi connectivity index (χ0) is 13.9. The highest BCUT2D eigenvalue weighted by molar-refractivity contribution is 6.30. The fraction of sp³-hybridized carbons (Fsp3) is 0.294. The van der Waals surface area contributed by atoms with Gasteiger partial charge in [-0.25, -0.2) is 0 Å². The lowest BCUT2D eigenvalue weighted by atomic mass is 9.92. The Kier molecular flexibility index (Phi) is 4.06. The lowest BCUT2D eigenvalue weighted by Crippen LogP contribution is -2.21. The van der Waals surface area contributed by atoms with E-state index in [-0.39, 0.29) is 12.1 Å². The number of fused-ring (bicyclic) bond motifs is 1. The van der Waals surface area contributed by atoms with Crippen LogP contribution < -0.4 is 5.73 Å². The summed E-state index contributed by atoms with van der Waals surface area (Å²) >= 11 is 6.03. The first-order valence-corrected chi connectivity index (χ1v) is 7.32. The Bertz CT molecular complexity index is 599. The summed E-state index contributed by atoms with van der Waals surface area (Å²) < 4.78 is 5.91. The van der Waals surface area contributed by atoms with E-state index < -0.39 is 0 Å². The average molecular weight is 288 g/mol. The zero-order valence-electron chi connectivity index (χ0n) is 11.3. The highest BCUT2D eigenvalue weighted by atomic mass is 35.5. The molecule has 2 atom stereocenters. The van der Waals surface area contributed by atoms with Crippen molar-refractivity contribution in [2.24, 2.45) is 5.73 Å². The van der Waals surface area contributed by atoms with Gasteiger partial charge in [-0.2, -0.15) is 0 Å². The van der Waals surface area contributed by atoms with Gasteiger partial charge in [-0.15, -0.1) is 0 Å². The summed E-state index contributed by atoms with van der Waals surface area (Å²) in [6.45, 7) is 0.768. The Morgan fingerprint density at radius 1 is 1.20 bits per heavy atom. The van der Waals surface area contributed by atoms with Gasteiger partial charge in [0.25, 0.3) is 0 Å². The van der Waals surface area contributed by atoms with Gasteiger partial charge in [-0.1, -0.05) is 48.0 Å². The molecule has 1 aliphatic rings. The van der Waals surface area contributed by atoms with Gasteiger partial charge in [0.15, 0.2) is 0 Å². The third kappa shape index (κ3) is 2.88. The topological polar surface area (TPSA) is 35.2 Å². The Morgan fingerprint density at radius 3 is 2.90 bits per heavy atom. The van der Waals surface area contributed by atoms with Crippen LogP contribution in [0.25, 0.3) is 0 Å². The molecule has 2 unspecified atom stereocenters. The van der Waals surface area contributed by atoms with Crippen molar-refractivity contribution in [3.05, 3.63) is 70.2 Å². The van der Waals surface area contributed by atoms with Crippen molar-refractivity contribution >= 4 is 11.6 Å². The number of ether oxygens (including phenoxy) is 1. The van der Waals surface area contributed by atoms with E-state index in [9.17, 15) is 0 Å². The molecule has 0 amide bonds. The van der Waals surface area contributed by atoms with Crippen LogP contribution in [0.2, 0.25) is 5.02 Å². The van der Waals surface area contributed by atoms with Crippen molar-refractivity contribution in [1.29, 1.82) is 0 Å². The highest BCUT2D eigenvalue weighted by Gasteiger charge is 2.23. The predicted molar refractivity (Wildman–Crippen MR) is 81.8 cm³/mol. The SMILES string of the molecule is NC(CC1OCCc2ccccc21)c1cccc(Cl)c1. The number of hydrogen-bond acceptors (Lipinski definition) is 2. The van der Waals surface area contributed by atoms with Gasteiger partial charge in [-0.3, -0.25) is 0 Å². The van der Waals surface area contributed by atoms with E-state index in [1.165, 1.54) is 11.1 Å². The first-order chi connectivity index (χ1) is 9.74. The summed E-state index contributed by atoms with van der Waals surface area (Å²) in [6, 6.07) is 16.2. The van der Waals surface area contributed by atoms with Crippen molar-refractivity contribution in [2.75, 3.05) is 6.61 Å². The summed E-state index contributed by atoms with van der Waals surface area (Å²) in [5, 5.41) is 0.725. The van der Waals surface area contributed by atoms with E-state index in [4.69, 9.17) is 22.1 Å². The second kappa shape index (κ2) is 5.96. The Labute approximate surface area is 124 Å². The molecule has 2 N–H and O–H groups in total. The molecular weight excluding hydrogens is 270 g/mol. The molecule has 20 heavy (non-hydrogen) atoms. The predicted octanol–water partition coefficient (Wildman–Crippen LogP) is 4.04. The Hall–Kier alpha value is -1.35. The number of rotatable bonds is 3. The maximum absolute atomic E-state index is 6.31. The summed E-state index contributed by atoms with van der Waals surface area (Å²) in [6.07, 6.45) is 1.84. The van der Waals surface area contributed by atoms with E-state index in [0.717, 1.165) is 30.0 Å². The number of hydrogen-bond donors (Lipinski definition) is 1. The van der Waals surface area contributed by atoms with Gasteiger partial charge in [0.2, 0.25) is 0 Å². The van der Waals surface area contributed by atoms with Crippen molar-refractivity contribution in [1.82, 2.24) is 0 Å². The molecule has 0 saturated heterocycles. The minimum Gasteiger partial charge on any atom is -0.373 e. The normalized spacial score (nSPS) is 19.4. The second-order valence-corrected chi connectivity index (χ2v) is 5.64. The molecule has 1 aliphatic heterocycles. The number of nitrogens with two attached hydrogens (primary N) is 1. The molecule has 3 rings (SSSR count). The molecule has 0 fully saturated rings. The van der Waals surface area contributed by atoms with Crippen molar-refractivity contribution in [3.8, 4) is 0 Å². The molecule has 104 valence electrons. The van der Waals surface area contributed by atoms with Crippen LogP contribution in [0.1, 0.15) is 35.3 Å². The molecule has 0 saturated carbocycles. The molecule has 0 bridgehead atoms. The molecule has 2 aromatic rings. The van der Waals surface area contributed by atoms with E-state index in [0.29, 0.717) is 0 Å². The largest absolute Gasteiger partial charge is 0.373 e. The van der Waals surface area contributed by atoms with Crippen LogP contribution >= 0.6 is 11.6 Å². The van der Waals surface area contributed by atoms with E-state index in [1.54, 1.807) is 0 Å². The fourth-order valence-corrected chi connectivity index (χ4v) is 2.97. The minimum atomic E-state index is -0.0649. The third-order valence-corrected chi connectivity index (χ3v) is 4.07. The summed E-state index contributed by atoms with van der Waals surface area (Å²) in [4.78, 5) is 0.